The number of methoxy groups -OCH3 is 1. The SMILES string of the molecule is CCOC(=O)c1sc(CC(=O)C(C#N)=Cc2cc(I)c(OCc3ccccc3)c(OC)c2)c(C(=O)OCC)c1C. The van der Waals surface area contributed by atoms with Gasteiger partial charge in [0.15, 0.2) is 17.3 Å². The molecule has 0 atom stereocenters. The monoisotopic (exact) mass is 673 g/mol. The Balaban J connectivity index is 1.91. The van der Waals surface area contributed by atoms with Crippen LogP contribution in [-0.2, 0) is 27.3 Å². The lowest BCUT2D eigenvalue weighted by atomic mass is 10.0. The second-order valence-electron chi connectivity index (χ2n) is 8.37. The van der Waals surface area contributed by atoms with Crippen molar-refractivity contribution >= 4 is 57.7 Å². The molecule has 0 amide bonds. The number of halogens is 1. The van der Waals surface area contributed by atoms with E-state index in [-0.39, 0.29) is 35.6 Å². The van der Waals surface area contributed by atoms with Crippen LogP contribution < -0.4 is 9.47 Å². The Morgan fingerprint density at radius 1 is 1.05 bits per heavy atom. The van der Waals surface area contributed by atoms with E-state index in [1.165, 1.54) is 13.2 Å². The highest BCUT2D eigenvalue weighted by Crippen LogP contribution is 2.36. The van der Waals surface area contributed by atoms with Crippen LogP contribution >= 0.6 is 33.9 Å². The lowest BCUT2D eigenvalue weighted by Crippen LogP contribution is -2.12. The number of benzene rings is 2. The molecule has 8 nitrogen and oxygen atoms in total. The number of carbonyl (C=O) groups is 3. The first-order chi connectivity index (χ1) is 19.2. The molecule has 3 aromatic rings. The van der Waals surface area contributed by atoms with Crippen LogP contribution in [0.15, 0.2) is 48.0 Å². The number of allylic oxidation sites excluding steroid dienone is 1. The summed E-state index contributed by atoms with van der Waals surface area (Å²) in [5.41, 5.74) is 1.99. The summed E-state index contributed by atoms with van der Waals surface area (Å²) in [5.74, 6) is -0.725. The number of esters is 2. The molecule has 208 valence electrons. The van der Waals surface area contributed by atoms with Crippen LogP contribution in [0.2, 0.25) is 0 Å². The highest BCUT2D eigenvalue weighted by Gasteiger charge is 2.28. The number of ether oxygens (including phenoxy) is 4. The Kier molecular flexibility index (Phi) is 11.3. The number of nitrogens with zero attached hydrogens (tertiary/aromatic N) is 1. The van der Waals surface area contributed by atoms with E-state index in [2.05, 4.69) is 22.6 Å². The standard InChI is InChI=1S/C30H28INO7S/c1-5-37-29(34)26-18(3)28(30(35)38-6-2)40-25(26)15-23(33)21(16-32)12-20-13-22(31)27(24(14-20)36-4)39-17-19-10-8-7-9-11-19/h7-14H,5-6,15,17H2,1-4H3. The minimum absolute atomic E-state index is 0.116. The Morgan fingerprint density at radius 3 is 2.35 bits per heavy atom. The second kappa shape index (κ2) is 14.6. The van der Waals surface area contributed by atoms with Crippen molar-refractivity contribution in [3.05, 3.63) is 83.6 Å². The van der Waals surface area contributed by atoms with E-state index in [1.54, 1.807) is 32.9 Å². The molecule has 1 aromatic heterocycles. The van der Waals surface area contributed by atoms with Gasteiger partial charge < -0.3 is 18.9 Å². The Labute approximate surface area is 250 Å². The van der Waals surface area contributed by atoms with Crippen LogP contribution in [0, 0.1) is 21.8 Å². The van der Waals surface area contributed by atoms with E-state index in [1.807, 2.05) is 36.4 Å². The number of hydrogen-bond donors (Lipinski definition) is 0. The Morgan fingerprint density at radius 2 is 1.73 bits per heavy atom. The maximum atomic E-state index is 13.3. The highest BCUT2D eigenvalue weighted by molar-refractivity contribution is 14.1. The van der Waals surface area contributed by atoms with Gasteiger partial charge in [0.1, 0.15) is 17.6 Å². The Bertz CT molecular complexity index is 1470. The number of Topliss-reactive ketones (excluding diaryl/α,β-unsaturated/α-hetero) is 1. The molecule has 2 aromatic carbocycles. The topological polar surface area (TPSA) is 112 Å². The summed E-state index contributed by atoms with van der Waals surface area (Å²) in [4.78, 5) is 38.9. The average Bonchev–Trinajstić information content (AvgIpc) is 3.26. The molecule has 0 saturated carbocycles. The third-order valence-corrected chi connectivity index (χ3v) is 7.76. The van der Waals surface area contributed by atoms with Crippen LogP contribution in [-0.4, -0.2) is 38.0 Å². The van der Waals surface area contributed by atoms with E-state index >= 15 is 0 Å². The van der Waals surface area contributed by atoms with Gasteiger partial charge in [-0.3, -0.25) is 4.79 Å². The van der Waals surface area contributed by atoms with Crippen molar-refractivity contribution in [3.63, 3.8) is 0 Å². The first-order valence-electron chi connectivity index (χ1n) is 12.4. The first-order valence-corrected chi connectivity index (χ1v) is 14.3. The van der Waals surface area contributed by atoms with Crippen molar-refractivity contribution < 1.29 is 33.3 Å². The molecule has 0 aliphatic carbocycles. The van der Waals surface area contributed by atoms with Gasteiger partial charge in [0.2, 0.25) is 0 Å². The zero-order valence-corrected chi connectivity index (χ0v) is 25.5. The number of hydrogen-bond acceptors (Lipinski definition) is 9. The number of nitriles is 1. The van der Waals surface area contributed by atoms with Crippen molar-refractivity contribution in [2.75, 3.05) is 20.3 Å². The van der Waals surface area contributed by atoms with Crippen molar-refractivity contribution in [2.45, 2.75) is 33.8 Å². The summed E-state index contributed by atoms with van der Waals surface area (Å²) >= 11 is 3.11. The molecule has 0 radical (unpaired) electrons. The minimum atomic E-state index is -0.637. The largest absolute Gasteiger partial charge is 0.493 e. The van der Waals surface area contributed by atoms with Gasteiger partial charge in [-0.1, -0.05) is 30.3 Å². The van der Waals surface area contributed by atoms with Gasteiger partial charge in [-0.15, -0.1) is 11.3 Å². The lowest BCUT2D eigenvalue weighted by Gasteiger charge is -2.14. The molecule has 0 bridgehead atoms. The van der Waals surface area contributed by atoms with Crippen LogP contribution in [0.1, 0.15) is 55.4 Å². The molecule has 1 heterocycles. The number of ketones is 1. The first kappa shape index (κ1) is 30.8. The fourth-order valence-corrected chi connectivity index (χ4v) is 5.80. The third kappa shape index (κ3) is 7.49. The van der Waals surface area contributed by atoms with E-state index in [9.17, 15) is 19.6 Å². The minimum Gasteiger partial charge on any atom is -0.493 e. The summed E-state index contributed by atoms with van der Waals surface area (Å²) in [7, 11) is 1.52. The van der Waals surface area contributed by atoms with Gasteiger partial charge in [-0.25, -0.2) is 9.59 Å². The van der Waals surface area contributed by atoms with Gasteiger partial charge in [-0.2, -0.15) is 5.26 Å². The Hall–Kier alpha value is -3.69. The molecule has 0 aliphatic heterocycles. The van der Waals surface area contributed by atoms with E-state index < -0.39 is 17.7 Å². The second-order valence-corrected chi connectivity index (χ2v) is 10.6. The van der Waals surface area contributed by atoms with E-state index in [0.717, 1.165) is 20.5 Å². The highest BCUT2D eigenvalue weighted by atomic mass is 127. The summed E-state index contributed by atoms with van der Waals surface area (Å²) in [6, 6.07) is 15.1. The number of thiophene rings is 1. The molecule has 0 N–H and O–H groups in total. The predicted molar refractivity (Wildman–Crippen MR) is 160 cm³/mol. The molecule has 40 heavy (non-hydrogen) atoms. The van der Waals surface area contributed by atoms with Gasteiger partial charge in [-0.05, 0) is 78.3 Å². The van der Waals surface area contributed by atoms with Crippen LogP contribution in [0.3, 0.4) is 0 Å². The summed E-state index contributed by atoms with van der Waals surface area (Å²) in [5, 5.41) is 9.82. The van der Waals surface area contributed by atoms with Gasteiger partial charge in [0.05, 0.1) is 35.0 Å². The zero-order valence-electron chi connectivity index (χ0n) is 22.5. The molecule has 3 rings (SSSR count). The molecule has 0 saturated heterocycles. The van der Waals surface area contributed by atoms with Crippen LogP contribution in [0.5, 0.6) is 11.5 Å². The van der Waals surface area contributed by atoms with Crippen molar-refractivity contribution in [1.82, 2.24) is 0 Å². The van der Waals surface area contributed by atoms with Gasteiger partial charge >= 0.3 is 11.9 Å². The fraction of sp³-hybridized carbons (Fsp3) is 0.267. The smallest absolute Gasteiger partial charge is 0.348 e. The third-order valence-electron chi connectivity index (χ3n) is 5.69. The van der Waals surface area contributed by atoms with Crippen molar-refractivity contribution in [2.24, 2.45) is 0 Å². The molecule has 0 unspecified atom stereocenters. The average molecular weight is 674 g/mol. The molecule has 10 heteroatoms. The van der Waals surface area contributed by atoms with Crippen LogP contribution in [0.25, 0.3) is 6.08 Å². The quantitative estimate of drug-likeness (QED) is 0.0951. The molecular formula is C30H28INO7S. The van der Waals surface area contributed by atoms with E-state index in [0.29, 0.717) is 34.1 Å². The summed E-state index contributed by atoms with van der Waals surface area (Å²) in [6.07, 6.45) is 1.20. The fourth-order valence-electron chi connectivity index (χ4n) is 3.84. The number of rotatable bonds is 12. The molecule has 0 spiro atoms. The normalized spacial score (nSPS) is 10.9. The zero-order chi connectivity index (χ0) is 29.2. The summed E-state index contributed by atoms with van der Waals surface area (Å²) in [6.45, 7) is 5.60. The van der Waals surface area contributed by atoms with E-state index in [4.69, 9.17) is 18.9 Å². The van der Waals surface area contributed by atoms with Crippen LogP contribution in [0.4, 0.5) is 0 Å². The lowest BCUT2D eigenvalue weighted by molar-refractivity contribution is -0.114. The van der Waals surface area contributed by atoms with Crippen molar-refractivity contribution in [3.8, 4) is 17.6 Å². The molecular weight excluding hydrogens is 645 g/mol. The summed E-state index contributed by atoms with van der Waals surface area (Å²) < 4.78 is 22.5. The molecule has 0 fully saturated rings. The van der Waals surface area contributed by atoms with Crippen molar-refractivity contribution in [1.29, 1.82) is 5.26 Å². The van der Waals surface area contributed by atoms with Gasteiger partial charge in [0, 0.05) is 11.3 Å². The maximum absolute atomic E-state index is 13.3. The number of carbonyl (C=O) groups excluding carboxylic acids is 3. The van der Waals surface area contributed by atoms with Gasteiger partial charge in [0.25, 0.3) is 0 Å². The predicted octanol–water partition coefficient (Wildman–Crippen LogP) is 6.32. The molecule has 0 aliphatic rings. The maximum Gasteiger partial charge on any atom is 0.348 e.